The third-order valence-corrected chi connectivity index (χ3v) is 2.30. The van der Waals surface area contributed by atoms with Gasteiger partial charge in [-0.05, 0) is 24.3 Å². The average Bonchev–Trinajstić information content (AvgIpc) is 2.38. The van der Waals surface area contributed by atoms with Gasteiger partial charge in [0.1, 0.15) is 5.69 Å². The van der Waals surface area contributed by atoms with Crippen LogP contribution in [0.25, 0.3) is 11.3 Å². The smallest absolute Gasteiger partial charge is 0.298 e. The van der Waals surface area contributed by atoms with Crippen molar-refractivity contribution in [2.75, 3.05) is 0 Å². The van der Waals surface area contributed by atoms with Crippen LogP contribution in [0.5, 0.6) is 0 Å². The Morgan fingerprint density at radius 1 is 1.06 bits per heavy atom. The molecule has 3 nitrogen and oxygen atoms in total. The van der Waals surface area contributed by atoms with Crippen molar-refractivity contribution in [2.24, 2.45) is 0 Å². The van der Waals surface area contributed by atoms with Gasteiger partial charge < -0.3 is 0 Å². The summed E-state index contributed by atoms with van der Waals surface area (Å²) in [5.41, 5.74) is -0.505. The molecule has 2 aromatic rings. The largest absolute Gasteiger partial charge is 0.433 e. The number of nitrogens with zero attached hydrogens (tertiary/aromatic N) is 2. The molecule has 2 heterocycles. The maximum Gasteiger partial charge on any atom is 0.433 e. The molecule has 0 aliphatic carbocycles. The summed E-state index contributed by atoms with van der Waals surface area (Å²) in [5, 5.41) is 0. The van der Waals surface area contributed by atoms with Gasteiger partial charge in [0.25, 0.3) is 0 Å². The SMILES string of the molecule is O=Cc1ccc(C(F)(F)F)nc1-c1ccncc1. The van der Waals surface area contributed by atoms with E-state index >= 15 is 0 Å². The molecule has 0 saturated heterocycles. The highest BCUT2D eigenvalue weighted by molar-refractivity contribution is 5.85. The number of hydrogen-bond donors (Lipinski definition) is 0. The molecule has 0 fully saturated rings. The van der Waals surface area contributed by atoms with Gasteiger partial charge in [-0.15, -0.1) is 0 Å². The third kappa shape index (κ3) is 2.37. The fourth-order valence-corrected chi connectivity index (χ4v) is 1.46. The van der Waals surface area contributed by atoms with Crippen molar-refractivity contribution in [3.8, 4) is 11.3 Å². The standard InChI is InChI=1S/C12H7F3N2O/c13-12(14,15)10-2-1-9(7-18)11(17-10)8-3-5-16-6-4-8/h1-7H. The average molecular weight is 252 g/mol. The lowest BCUT2D eigenvalue weighted by atomic mass is 10.1. The van der Waals surface area contributed by atoms with Crippen LogP contribution in [-0.2, 0) is 6.18 Å². The highest BCUT2D eigenvalue weighted by atomic mass is 19.4. The number of aldehydes is 1. The zero-order chi connectivity index (χ0) is 13.2. The van der Waals surface area contributed by atoms with E-state index in [-0.39, 0.29) is 11.3 Å². The van der Waals surface area contributed by atoms with Crippen LogP contribution >= 0.6 is 0 Å². The van der Waals surface area contributed by atoms with Gasteiger partial charge in [0.15, 0.2) is 6.29 Å². The molecule has 0 aliphatic rings. The summed E-state index contributed by atoms with van der Waals surface area (Å²) in [4.78, 5) is 18.1. The summed E-state index contributed by atoms with van der Waals surface area (Å²) in [6.45, 7) is 0. The van der Waals surface area contributed by atoms with Gasteiger partial charge >= 0.3 is 6.18 Å². The first-order chi connectivity index (χ1) is 8.52. The lowest BCUT2D eigenvalue weighted by Crippen LogP contribution is -2.09. The molecule has 0 N–H and O–H groups in total. The van der Waals surface area contributed by atoms with E-state index in [0.717, 1.165) is 12.1 Å². The first-order valence-electron chi connectivity index (χ1n) is 4.96. The molecule has 0 unspecified atom stereocenters. The molecule has 0 amide bonds. The predicted molar refractivity (Wildman–Crippen MR) is 57.9 cm³/mol. The minimum Gasteiger partial charge on any atom is -0.298 e. The summed E-state index contributed by atoms with van der Waals surface area (Å²) < 4.78 is 37.7. The molecule has 0 bridgehead atoms. The molecule has 2 rings (SSSR count). The van der Waals surface area contributed by atoms with Gasteiger partial charge in [0, 0.05) is 23.5 Å². The number of pyridine rings is 2. The first-order valence-corrected chi connectivity index (χ1v) is 4.96. The second-order valence-electron chi connectivity index (χ2n) is 3.49. The Labute approximate surface area is 100 Å². The number of hydrogen-bond acceptors (Lipinski definition) is 3. The molecule has 18 heavy (non-hydrogen) atoms. The predicted octanol–water partition coefficient (Wildman–Crippen LogP) is 2.97. The molecule has 6 heteroatoms. The minimum atomic E-state index is -4.54. The monoisotopic (exact) mass is 252 g/mol. The molecule has 0 radical (unpaired) electrons. The molecule has 92 valence electrons. The maximum atomic E-state index is 12.6. The first kappa shape index (κ1) is 12.2. The number of carbonyl (C=O) groups is 1. The van der Waals surface area contributed by atoms with Gasteiger partial charge in [0.2, 0.25) is 0 Å². The number of carbonyl (C=O) groups excluding carboxylic acids is 1. The number of halogens is 3. The van der Waals surface area contributed by atoms with Crippen LogP contribution in [0.1, 0.15) is 16.1 Å². The van der Waals surface area contributed by atoms with Gasteiger partial charge in [-0.25, -0.2) is 4.98 Å². The van der Waals surface area contributed by atoms with Crippen molar-refractivity contribution in [2.45, 2.75) is 6.18 Å². The Balaban J connectivity index is 2.61. The van der Waals surface area contributed by atoms with E-state index in [4.69, 9.17) is 0 Å². The summed E-state index contributed by atoms with van der Waals surface area (Å²) in [6.07, 6.45) is -1.22. The van der Waals surface area contributed by atoms with Crippen molar-refractivity contribution in [1.29, 1.82) is 0 Å². The van der Waals surface area contributed by atoms with Crippen LogP contribution in [0.4, 0.5) is 13.2 Å². The van der Waals surface area contributed by atoms with E-state index in [9.17, 15) is 18.0 Å². The minimum absolute atomic E-state index is 0.00206. The lowest BCUT2D eigenvalue weighted by Gasteiger charge is -2.09. The summed E-state index contributed by atoms with van der Waals surface area (Å²) in [5.74, 6) is 0. The van der Waals surface area contributed by atoms with Gasteiger partial charge in [0.05, 0.1) is 5.69 Å². The number of rotatable bonds is 2. The summed E-state index contributed by atoms with van der Waals surface area (Å²) >= 11 is 0. The number of aromatic nitrogens is 2. The van der Waals surface area contributed by atoms with E-state index in [0.29, 0.717) is 11.8 Å². The number of alkyl halides is 3. The van der Waals surface area contributed by atoms with E-state index < -0.39 is 11.9 Å². The van der Waals surface area contributed by atoms with E-state index in [1.54, 1.807) is 0 Å². The van der Waals surface area contributed by atoms with E-state index in [1.165, 1.54) is 24.5 Å². The molecule has 0 aliphatic heterocycles. The van der Waals surface area contributed by atoms with Crippen molar-refractivity contribution < 1.29 is 18.0 Å². The Morgan fingerprint density at radius 2 is 1.72 bits per heavy atom. The Kier molecular flexibility index (Phi) is 3.10. The lowest BCUT2D eigenvalue weighted by molar-refractivity contribution is -0.141. The molecule has 0 atom stereocenters. The fourth-order valence-electron chi connectivity index (χ4n) is 1.46. The van der Waals surface area contributed by atoms with Gasteiger partial charge in [-0.2, -0.15) is 13.2 Å². The van der Waals surface area contributed by atoms with E-state index in [2.05, 4.69) is 9.97 Å². The highest BCUT2D eigenvalue weighted by Crippen LogP contribution is 2.30. The molecular formula is C12H7F3N2O. The van der Waals surface area contributed by atoms with Crippen molar-refractivity contribution in [3.63, 3.8) is 0 Å². The van der Waals surface area contributed by atoms with Crippen molar-refractivity contribution >= 4 is 6.29 Å². The molecule has 0 saturated carbocycles. The van der Waals surface area contributed by atoms with E-state index in [1.807, 2.05) is 0 Å². The highest BCUT2D eigenvalue weighted by Gasteiger charge is 2.33. The van der Waals surface area contributed by atoms with Crippen molar-refractivity contribution in [3.05, 3.63) is 47.9 Å². The van der Waals surface area contributed by atoms with Crippen LogP contribution in [0, 0.1) is 0 Å². The molecule has 0 spiro atoms. The quantitative estimate of drug-likeness (QED) is 0.771. The van der Waals surface area contributed by atoms with Gasteiger partial charge in [-0.3, -0.25) is 9.78 Å². The van der Waals surface area contributed by atoms with Crippen LogP contribution < -0.4 is 0 Å². The Morgan fingerprint density at radius 3 is 2.28 bits per heavy atom. The zero-order valence-electron chi connectivity index (χ0n) is 8.98. The molecule has 0 aromatic carbocycles. The topological polar surface area (TPSA) is 42.9 Å². The zero-order valence-corrected chi connectivity index (χ0v) is 8.98. The Hall–Kier alpha value is -2.24. The fraction of sp³-hybridized carbons (Fsp3) is 0.0833. The second kappa shape index (κ2) is 4.56. The van der Waals surface area contributed by atoms with Crippen LogP contribution in [0.15, 0.2) is 36.7 Å². The molecular weight excluding hydrogens is 245 g/mol. The molecule has 2 aromatic heterocycles. The maximum absolute atomic E-state index is 12.6. The van der Waals surface area contributed by atoms with Gasteiger partial charge in [-0.1, -0.05) is 0 Å². The normalized spacial score (nSPS) is 11.3. The van der Waals surface area contributed by atoms with Crippen LogP contribution in [0.2, 0.25) is 0 Å². The summed E-state index contributed by atoms with van der Waals surface area (Å²) in [7, 11) is 0. The van der Waals surface area contributed by atoms with Crippen molar-refractivity contribution in [1.82, 2.24) is 9.97 Å². The Bertz CT molecular complexity index is 567. The second-order valence-corrected chi connectivity index (χ2v) is 3.49. The third-order valence-electron chi connectivity index (χ3n) is 2.30. The summed E-state index contributed by atoms with van der Waals surface area (Å²) in [6, 6.07) is 4.89. The van der Waals surface area contributed by atoms with Crippen LogP contribution in [-0.4, -0.2) is 16.3 Å². The van der Waals surface area contributed by atoms with Crippen LogP contribution in [0.3, 0.4) is 0 Å².